The van der Waals surface area contributed by atoms with E-state index in [0.29, 0.717) is 16.3 Å². The second kappa shape index (κ2) is 16.8. The van der Waals surface area contributed by atoms with Crippen LogP contribution in [0.15, 0.2) is 95.9 Å². The SMILES string of the molecule is COc1ccc(S(=O)(=O)N(CC(=O)N(Cc2ccc(Cl)cc2)[C@@H](Cc2ccccc2)C(=O)NC(C)C)c2cc(Cl)ccc2OC)cc1OC. The van der Waals surface area contributed by atoms with Crippen LogP contribution in [0.5, 0.6) is 17.2 Å². The first-order valence-electron chi connectivity index (χ1n) is 15.3. The second-order valence-electron chi connectivity index (χ2n) is 11.4. The Hall–Kier alpha value is -4.45. The van der Waals surface area contributed by atoms with Crippen molar-refractivity contribution in [1.82, 2.24) is 10.2 Å². The molecule has 1 N–H and O–H groups in total. The Bertz CT molecular complexity index is 1860. The highest BCUT2D eigenvalue weighted by Crippen LogP contribution is 2.37. The van der Waals surface area contributed by atoms with Gasteiger partial charge in [-0.05, 0) is 67.4 Å². The molecule has 0 heterocycles. The van der Waals surface area contributed by atoms with Crippen molar-refractivity contribution in [2.45, 2.75) is 43.8 Å². The predicted molar refractivity (Wildman–Crippen MR) is 191 cm³/mol. The van der Waals surface area contributed by atoms with E-state index in [-0.39, 0.29) is 46.1 Å². The number of hydrogen-bond acceptors (Lipinski definition) is 7. The third-order valence-corrected chi connectivity index (χ3v) is 9.84. The number of ether oxygens (including phenoxy) is 3. The number of sulfonamides is 1. The molecule has 10 nitrogen and oxygen atoms in total. The topological polar surface area (TPSA) is 114 Å². The van der Waals surface area contributed by atoms with Crippen LogP contribution in [-0.2, 0) is 32.6 Å². The number of nitrogens with zero attached hydrogens (tertiary/aromatic N) is 2. The number of carbonyl (C=O) groups excluding carboxylic acids is 2. The molecule has 49 heavy (non-hydrogen) atoms. The zero-order valence-electron chi connectivity index (χ0n) is 27.9. The predicted octanol–water partition coefficient (Wildman–Crippen LogP) is 6.38. The average molecular weight is 729 g/mol. The zero-order chi connectivity index (χ0) is 35.7. The van der Waals surface area contributed by atoms with Gasteiger partial charge < -0.3 is 24.4 Å². The van der Waals surface area contributed by atoms with Crippen molar-refractivity contribution in [2.75, 3.05) is 32.2 Å². The summed E-state index contributed by atoms with van der Waals surface area (Å²) in [7, 11) is -0.292. The first-order chi connectivity index (χ1) is 23.4. The van der Waals surface area contributed by atoms with E-state index in [4.69, 9.17) is 37.4 Å². The Labute approximate surface area is 297 Å². The van der Waals surface area contributed by atoms with Crippen LogP contribution in [0.1, 0.15) is 25.0 Å². The van der Waals surface area contributed by atoms with Crippen LogP contribution >= 0.6 is 23.2 Å². The van der Waals surface area contributed by atoms with Crippen LogP contribution in [0.25, 0.3) is 0 Å². The van der Waals surface area contributed by atoms with E-state index in [1.165, 1.54) is 56.6 Å². The van der Waals surface area contributed by atoms with Crippen molar-refractivity contribution in [2.24, 2.45) is 0 Å². The van der Waals surface area contributed by atoms with E-state index < -0.39 is 34.4 Å². The van der Waals surface area contributed by atoms with Crippen molar-refractivity contribution in [1.29, 1.82) is 0 Å². The fourth-order valence-electron chi connectivity index (χ4n) is 5.20. The minimum Gasteiger partial charge on any atom is -0.495 e. The van der Waals surface area contributed by atoms with Gasteiger partial charge >= 0.3 is 0 Å². The van der Waals surface area contributed by atoms with E-state index in [1.807, 2.05) is 44.2 Å². The highest BCUT2D eigenvalue weighted by Gasteiger charge is 2.36. The molecule has 0 saturated carbocycles. The number of nitrogens with one attached hydrogen (secondary N) is 1. The Balaban J connectivity index is 1.88. The molecule has 0 aliphatic rings. The Kier molecular flexibility index (Phi) is 12.8. The van der Waals surface area contributed by atoms with Gasteiger partial charge in [0.2, 0.25) is 11.8 Å². The lowest BCUT2D eigenvalue weighted by atomic mass is 10.0. The minimum atomic E-state index is -4.50. The molecule has 0 spiro atoms. The summed E-state index contributed by atoms with van der Waals surface area (Å²) in [6.07, 6.45) is 0.168. The standard InChI is InChI=1S/C36H39Cl2N3O7S/c1-24(2)39-36(43)31(19-25-9-7-6-8-10-25)40(22-26-11-13-27(37)14-12-26)35(42)23-41(30-20-28(38)15-17-32(30)46-3)49(44,45)29-16-18-33(47-4)34(21-29)48-5/h6-18,20-21,24,31H,19,22-23H2,1-5H3,(H,39,43)/t31-/m0/s1. The minimum absolute atomic E-state index is 0.0179. The summed E-state index contributed by atoms with van der Waals surface area (Å²) in [6, 6.07) is 23.5. The molecule has 13 heteroatoms. The third kappa shape index (κ3) is 9.38. The van der Waals surface area contributed by atoms with E-state index in [9.17, 15) is 18.0 Å². The van der Waals surface area contributed by atoms with Crippen LogP contribution in [0.3, 0.4) is 0 Å². The van der Waals surface area contributed by atoms with E-state index in [0.717, 1.165) is 9.87 Å². The number of carbonyl (C=O) groups is 2. The summed E-state index contributed by atoms with van der Waals surface area (Å²) in [5.74, 6) is -0.399. The lowest BCUT2D eigenvalue weighted by Crippen LogP contribution is -2.54. The van der Waals surface area contributed by atoms with Gasteiger partial charge in [0.05, 0.1) is 31.9 Å². The Morgan fingerprint density at radius 1 is 0.755 bits per heavy atom. The summed E-state index contributed by atoms with van der Waals surface area (Å²) in [5.41, 5.74) is 1.52. The molecule has 2 amide bonds. The van der Waals surface area contributed by atoms with Gasteiger partial charge in [0.1, 0.15) is 18.3 Å². The molecular formula is C36H39Cl2N3O7S. The molecule has 4 rings (SSSR count). The smallest absolute Gasteiger partial charge is 0.265 e. The van der Waals surface area contributed by atoms with Crippen LogP contribution < -0.4 is 23.8 Å². The van der Waals surface area contributed by atoms with Gasteiger partial charge in [0.25, 0.3) is 10.0 Å². The van der Waals surface area contributed by atoms with Crippen LogP contribution in [0.4, 0.5) is 5.69 Å². The Morgan fingerprint density at radius 3 is 1.98 bits per heavy atom. The van der Waals surface area contributed by atoms with Crippen LogP contribution in [0, 0.1) is 0 Å². The number of amides is 2. The summed E-state index contributed by atoms with van der Waals surface area (Å²) < 4.78 is 46.2. The normalized spacial score (nSPS) is 11.8. The van der Waals surface area contributed by atoms with Gasteiger partial charge in [-0.15, -0.1) is 0 Å². The molecular weight excluding hydrogens is 689 g/mol. The molecule has 4 aromatic rings. The van der Waals surface area contributed by atoms with E-state index in [1.54, 1.807) is 30.3 Å². The number of methoxy groups -OCH3 is 3. The molecule has 0 fully saturated rings. The third-order valence-electron chi connectivity index (χ3n) is 7.60. The van der Waals surface area contributed by atoms with Crippen molar-refractivity contribution in [3.05, 3.63) is 112 Å². The number of hydrogen-bond donors (Lipinski definition) is 1. The van der Waals surface area contributed by atoms with Crippen molar-refractivity contribution >= 4 is 50.7 Å². The Morgan fingerprint density at radius 2 is 1.37 bits per heavy atom. The lowest BCUT2D eigenvalue weighted by Gasteiger charge is -2.34. The summed E-state index contributed by atoms with van der Waals surface area (Å²) in [5, 5.41) is 3.65. The maximum absolute atomic E-state index is 14.7. The largest absolute Gasteiger partial charge is 0.495 e. The summed E-state index contributed by atoms with van der Waals surface area (Å²) in [6.45, 7) is 2.93. The molecule has 0 bridgehead atoms. The first-order valence-corrected chi connectivity index (χ1v) is 17.5. The number of anilines is 1. The van der Waals surface area contributed by atoms with Gasteiger partial charge in [-0.25, -0.2) is 8.42 Å². The van der Waals surface area contributed by atoms with Gasteiger partial charge in [0.15, 0.2) is 11.5 Å². The molecule has 0 unspecified atom stereocenters. The van der Waals surface area contributed by atoms with E-state index >= 15 is 0 Å². The van der Waals surface area contributed by atoms with Crippen LogP contribution in [-0.4, -0.2) is 65.1 Å². The average Bonchev–Trinajstić information content (AvgIpc) is 3.09. The van der Waals surface area contributed by atoms with Crippen molar-refractivity contribution in [3.8, 4) is 17.2 Å². The zero-order valence-corrected chi connectivity index (χ0v) is 30.2. The number of rotatable bonds is 15. The molecule has 0 aliphatic heterocycles. The quantitative estimate of drug-likeness (QED) is 0.151. The highest BCUT2D eigenvalue weighted by molar-refractivity contribution is 7.92. The lowest BCUT2D eigenvalue weighted by molar-refractivity contribution is -0.140. The van der Waals surface area contributed by atoms with Crippen molar-refractivity contribution < 1.29 is 32.2 Å². The van der Waals surface area contributed by atoms with Crippen molar-refractivity contribution in [3.63, 3.8) is 0 Å². The molecule has 0 aliphatic carbocycles. The fourth-order valence-corrected chi connectivity index (χ4v) is 6.92. The molecule has 260 valence electrons. The summed E-state index contributed by atoms with van der Waals surface area (Å²) >= 11 is 12.5. The maximum atomic E-state index is 14.7. The molecule has 1 atom stereocenters. The maximum Gasteiger partial charge on any atom is 0.265 e. The van der Waals surface area contributed by atoms with Gasteiger partial charge in [-0.2, -0.15) is 0 Å². The second-order valence-corrected chi connectivity index (χ2v) is 14.1. The van der Waals surface area contributed by atoms with Gasteiger partial charge in [-0.1, -0.05) is 65.7 Å². The highest BCUT2D eigenvalue weighted by atomic mass is 35.5. The molecule has 0 aromatic heterocycles. The number of benzene rings is 4. The van der Waals surface area contributed by atoms with Gasteiger partial charge in [-0.3, -0.25) is 13.9 Å². The van der Waals surface area contributed by atoms with E-state index in [2.05, 4.69) is 5.32 Å². The molecule has 4 aromatic carbocycles. The fraction of sp³-hybridized carbons (Fsp3) is 0.278. The molecule has 0 radical (unpaired) electrons. The number of halogens is 2. The van der Waals surface area contributed by atoms with Gasteiger partial charge in [0, 0.05) is 35.1 Å². The molecule has 0 saturated heterocycles. The monoisotopic (exact) mass is 727 g/mol. The van der Waals surface area contributed by atoms with Crippen LogP contribution in [0.2, 0.25) is 10.0 Å². The summed E-state index contributed by atoms with van der Waals surface area (Å²) in [4.78, 5) is 29.8. The first kappa shape index (κ1) is 37.4.